The van der Waals surface area contributed by atoms with Crippen molar-refractivity contribution in [3.8, 4) is 5.75 Å². The Balaban J connectivity index is 1.58. The van der Waals surface area contributed by atoms with Crippen LogP contribution in [-0.4, -0.2) is 84.4 Å². The standard InChI is InChI=1S/C36H52N4O6/c1-25-22-40(26(2)24-41)35(43)31-21-30(37-34(42)28-14-7-5-8-15-28)18-19-32(31)46-27(3)13-11-12-20-45-33(25)23-39(4)36(44)38-29-16-9-6-10-17-29/h6,9-10,16-19,21,25-28,33,41H,5,7-8,11-15,20,22-24H2,1-4H3,(H,37,42)(H,38,44)/t25-,26-,27-,33-/m0/s1. The molecule has 252 valence electrons. The fraction of sp³-hybridized carbons (Fsp3) is 0.583. The smallest absolute Gasteiger partial charge is 0.321 e. The topological polar surface area (TPSA) is 120 Å². The van der Waals surface area contributed by atoms with E-state index in [0.717, 1.165) is 51.4 Å². The number of benzene rings is 2. The first-order valence-electron chi connectivity index (χ1n) is 16.9. The number of nitrogens with one attached hydrogen (secondary N) is 2. The highest BCUT2D eigenvalue weighted by molar-refractivity contribution is 6.00. The van der Waals surface area contributed by atoms with E-state index in [1.807, 2.05) is 44.2 Å². The molecule has 4 atom stereocenters. The third kappa shape index (κ3) is 9.93. The highest BCUT2D eigenvalue weighted by atomic mass is 16.5. The average molecular weight is 637 g/mol. The van der Waals surface area contributed by atoms with Crippen molar-refractivity contribution >= 4 is 29.2 Å². The maximum Gasteiger partial charge on any atom is 0.321 e. The van der Waals surface area contributed by atoms with Crippen LogP contribution in [0.4, 0.5) is 16.2 Å². The monoisotopic (exact) mass is 636 g/mol. The van der Waals surface area contributed by atoms with Gasteiger partial charge in [0.25, 0.3) is 5.91 Å². The Bertz CT molecular complexity index is 1280. The van der Waals surface area contributed by atoms with E-state index < -0.39 is 6.04 Å². The van der Waals surface area contributed by atoms with E-state index in [9.17, 15) is 19.5 Å². The molecule has 0 radical (unpaired) electrons. The summed E-state index contributed by atoms with van der Waals surface area (Å²) in [6.45, 7) is 6.69. The van der Waals surface area contributed by atoms with Crippen LogP contribution in [0.3, 0.4) is 0 Å². The number of rotatable bonds is 7. The molecule has 2 aromatic rings. The molecule has 10 heteroatoms. The average Bonchev–Trinajstić information content (AvgIpc) is 3.06. The predicted molar refractivity (Wildman–Crippen MR) is 180 cm³/mol. The summed E-state index contributed by atoms with van der Waals surface area (Å²) < 4.78 is 12.7. The minimum Gasteiger partial charge on any atom is -0.490 e. The van der Waals surface area contributed by atoms with Crippen molar-refractivity contribution in [2.45, 2.75) is 90.4 Å². The Kier molecular flexibility index (Phi) is 13.3. The molecule has 1 fully saturated rings. The molecule has 1 saturated carbocycles. The van der Waals surface area contributed by atoms with Crippen LogP contribution in [0, 0.1) is 11.8 Å². The molecule has 10 nitrogen and oxygen atoms in total. The first-order chi connectivity index (χ1) is 22.2. The summed E-state index contributed by atoms with van der Waals surface area (Å²) in [5.41, 5.74) is 1.60. The van der Waals surface area contributed by atoms with Crippen LogP contribution in [-0.2, 0) is 9.53 Å². The Morgan fingerprint density at radius 3 is 2.41 bits per heavy atom. The number of fused-ring (bicyclic) bond motifs is 1. The summed E-state index contributed by atoms with van der Waals surface area (Å²) in [5.74, 6) is -0.0540. The van der Waals surface area contributed by atoms with Crippen molar-refractivity contribution in [3.63, 3.8) is 0 Å². The van der Waals surface area contributed by atoms with Gasteiger partial charge in [-0.3, -0.25) is 9.59 Å². The van der Waals surface area contributed by atoms with Crippen molar-refractivity contribution in [1.82, 2.24) is 9.80 Å². The molecular formula is C36H52N4O6. The maximum absolute atomic E-state index is 14.3. The number of para-hydroxylation sites is 1. The Labute approximate surface area is 273 Å². The number of ether oxygens (including phenoxy) is 2. The number of anilines is 2. The van der Waals surface area contributed by atoms with Gasteiger partial charge in [-0.15, -0.1) is 0 Å². The molecule has 0 saturated heterocycles. The summed E-state index contributed by atoms with van der Waals surface area (Å²) in [4.78, 5) is 43.7. The third-order valence-electron chi connectivity index (χ3n) is 9.12. The van der Waals surface area contributed by atoms with Crippen LogP contribution in [0.25, 0.3) is 0 Å². The van der Waals surface area contributed by atoms with Crippen molar-refractivity contribution in [2.75, 3.05) is 44.0 Å². The largest absolute Gasteiger partial charge is 0.490 e. The summed E-state index contributed by atoms with van der Waals surface area (Å²) in [6, 6.07) is 13.8. The van der Waals surface area contributed by atoms with Gasteiger partial charge < -0.3 is 35.0 Å². The van der Waals surface area contributed by atoms with Gasteiger partial charge in [-0.2, -0.15) is 0 Å². The van der Waals surface area contributed by atoms with Crippen molar-refractivity contribution in [1.29, 1.82) is 0 Å². The lowest BCUT2D eigenvalue weighted by Crippen LogP contribution is -2.48. The van der Waals surface area contributed by atoms with E-state index >= 15 is 0 Å². The Morgan fingerprint density at radius 2 is 1.70 bits per heavy atom. The fourth-order valence-electron chi connectivity index (χ4n) is 6.17. The van der Waals surface area contributed by atoms with E-state index in [0.29, 0.717) is 35.8 Å². The van der Waals surface area contributed by atoms with Gasteiger partial charge in [0.1, 0.15) is 5.75 Å². The molecule has 1 heterocycles. The summed E-state index contributed by atoms with van der Waals surface area (Å²) >= 11 is 0. The van der Waals surface area contributed by atoms with Crippen LogP contribution in [0.5, 0.6) is 5.75 Å². The van der Waals surface area contributed by atoms with Gasteiger partial charge in [-0.1, -0.05) is 44.4 Å². The van der Waals surface area contributed by atoms with Gasteiger partial charge in [0.15, 0.2) is 0 Å². The maximum atomic E-state index is 14.3. The molecule has 1 aliphatic carbocycles. The Hall–Kier alpha value is -3.63. The normalized spacial score (nSPS) is 22.5. The second kappa shape index (κ2) is 17.3. The highest BCUT2D eigenvalue weighted by Gasteiger charge is 2.31. The van der Waals surface area contributed by atoms with Gasteiger partial charge in [0.2, 0.25) is 5.91 Å². The molecule has 4 rings (SSSR count). The summed E-state index contributed by atoms with van der Waals surface area (Å²) in [7, 11) is 1.73. The van der Waals surface area contributed by atoms with Crippen LogP contribution >= 0.6 is 0 Å². The van der Waals surface area contributed by atoms with E-state index in [2.05, 4.69) is 10.6 Å². The molecule has 3 N–H and O–H groups in total. The molecule has 0 aromatic heterocycles. The summed E-state index contributed by atoms with van der Waals surface area (Å²) in [5, 5.41) is 16.2. The highest BCUT2D eigenvalue weighted by Crippen LogP contribution is 2.30. The van der Waals surface area contributed by atoms with Crippen LogP contribution in [0.15, 0.2) is 48.5 Å². The second-order valence-corrected chi connectivity index (χ2v) is 13.0. The first kappa shape index (κ1) is 35.2. The van der Waals surface area contributed by atoms with Crippen LogP contribution in [0.2, 0.25) is 0 Å². The molecule has 46 heavy (non-hydrogen) atoms. The summed E-state index contributed by atoms with van der Waals surface area (Å²) in [6.07, 6.45) is 6.98. The SMILES string of the molecule is C[C@H]1CCCCO[C@@H](CN(C)C(=O)Nc2ccccc2)[C@@H](C)CN([C@@H](C)CO)C(=O)c2cc(NC(=O)C3CCCCC3)ccc2O1. The lowest BCUT2D eigenvalue weighted by atomic mass is 9.88. The molecule has 0 spiro atoms. The zero-order chi connectivity index (χ0) is 33.1. The number of carbonyl (C=O) groups is 3. The van der Waals surface area contributed by atoms with Gasteiger partial charge >= 0.3 is 6.03 Å². The number of aliphatic hydroxyl groups is 1. The van der Waals surface area contributed by atoms with Crippen molar-refractivity contribution < 1.29 is 29.0 Å². The number of urea groups is 1. The van der Waals surface area contributed by atoms with Gasteiger partial charge in [-0.05, 0) is 76.3 Å². The van der Waals surface area contributed by atoms with Crippen molar-refractivity contribution in [3.05, 3.63) is 54.1 Å². The van der Waals surface area contributed by atoms with Gasteiger partial charge in [0.05, 0.1) is 30.4 Å². The van der Waals surface area contributed by atoms with Gasteiger partial charge in [0, 0.05) is 50.0 Å². The number of hydrogen-bond acceptors (Lipinski definition) is 6. The molecular weight excluding hydrogens is 584 g/mol. The van der Waals surface area contributed by atoms with Crippen LogP contribution < -0.4 is 15.4 Å². The second-order valence-electron chi connectivity index (χ2n) is 13.0. The quantitative estimate of drug-likeness (QED) is 0.335. The van der Waals surface area contributed by atoms with E-state index in [4.69, 9.17) is 9.47 Å². The van der Waals surface area contributed by atoms with E-state index in [1.54, 1.807) is 42.0 Å². The zero-order valence-electron chi connectivity index (χ0n) is 27.9. The number of aliphatic hydroxyl groups excluding tert-OH is 1. The molecule has 4 amide bonds. The van der Waals surface area contributed by atoms with E-state index in [-0.39, 0.29) is 55.0 Å². The number of likely N-dealkylation sites (N-methyl/N-ethyl adjacent to an activating group) is 1. The molecule has 1 aliphatic heterocycles. The first-order valence-corrected chi connectivity index (χ1v) is 16.9. The molecule has 2 aliphatic rings. The predicted octanol–water partition coefficient (Wildman–Crippen LogP) is 6.16. The minimum absolute atomic E-state index is 0.0168. The lowest BCUT2D eigenvalue weighted by molar-refractivity contribution is -0.120. The fourth-order valence-corrected chi connectivity index (χ4v) is 6.17. The molecule has 0 bridgehead atoms. The Morgan fingerprint density at radius 1 is 0.978 bits per heavy atom. The van der Waals surface area contributed by atoms with Gasteiger partial charge in [-0.25, -0.2) is 4.79 Å². The van der Waals surface area contributed by atoms with Crippen molar-refractivity contribution in [2.24, 2.45) is 11.8 Å². The van der Waals surface area contributed by atoms with E-state index in [1.165, 1.54) is 0 Å². The van der Waals surface area contributed by atoms with Crippen LogP contribution in [0.1, 0.15) is 82.5 Å². The molecule has 0 unspecified atom stereocenters. The lowest BCUT2D eigenvalue weighted by Gasteiger charge is -2.35. The number of carbonyl (C=O) groups excluding carboxylic acids is 3. The zero-order valence-corrected chi connectivity index (χ0v) is 27.9. The third-order valence-corrected chi connectivity index (χ3v) is 9.12. The molecule has 2 aromatic carbocycles. The number of amides is 4. The number of nitrogens with zero attached hydrogens (tertiary/aromatic N) is 2. The number of hydrogen-bond donors (Lipinski definition) is 3. The minimum atomic E-state index is -0.492.